The van der Waals surface area contributed by atoms with Crippen LogP contribution in [0.15, 0.2) is 47.8 Å². The monoisotopic (exact) mass is 411 g/mol. The zero-order chi connectivity index (χ0) is 20.5. The lowest BCUT2D eigenvalue weighted by atomic mass is 9.96. The van der Waals surface area contributed by atoms with Crippen LogP contribution in [-0.4, -0.2) is 10.1 Å². The summed E-state index contributed by atoms with van der Waals surface area (Å²) in [5.74, 6) is -2.09. The molecule has 1 aromatic heterocycles. The summed E-state index contributed by atoms with van der Waals surface area (Å²) in [5, 5.41) is 12.6. The first-order valence-corrected chi connectivity index (χ1v) is 8.94. The molecule has 1 unspecified atom stereocenters. The number of nitrogens with zero attached hydrogens (tertiary/aromatic N) is 1. The van der Waals surface area contributed by atoms with E-state index in [-0.39, 0.29) is 10.6 Å². The standard InChI is InChI=1S/C20H14F5NOS/c1-19(27,14-7-9-16(21)17(22)10-14)18-26-15(11-28-18)8-4-12-2-5-13(6-3-12)20(23,24)25/h2-11,27H,1H3/b8-4+. The molecule has 0 aliphatic heterocycles. The van der Waals surface area contributed by atoms with Crippen molar-refractivity contribution in [3.8, 4) is 0 Å². The van der Waals surface area contributed by atoms with Crippen molar-refractivity contribution in [2.75, 3.05) is 0 Å². The van der Waals surface area contributed by atoms with E-state index in [0.29, 0.717) is 11.3 Å². The highest BCUT2D eigenvalue weighted by atomic mass is 32.1. The highest BCUT2D eigenvalue weighted by molar-refractivity contribution is 7.09. The summed E-state index contributed by atoms with van der Waals surface area (Å²) in [6.07, 6.45) is -1.22. The van der Waals surface area contributed by atoms with E-state index in [9.17, 15) is 27.1 Å². The first-order valence-electron chi connectivity index (χ1n) is 8.06. The van der Waals surface area contributed by atoms with E-state index in [1.54, 1.807) is 17.5 Å². The Morgan fingerprint density at radius 1 is 0.929 bits per heavy atom. The Bertz CT molecular complexity index is 1010. The number of thiazole rings is 1. The molecule has 0 saturated carbocycles. The molecule has 1 N–H and O–H groups in total. The van der Waals surface area contributed by atoms with Gasteiger partial charge in [0.1, 0.15) is 10.6 Å². The summed E-state index contributed by atoms with van der Waals surface area (Å²) in [6.45, 7) is 1.42. The number of benzene rings is 2. The van der Waals surface area contributed by atoms with Crippen LogP contribution in [0.5, 0.6) is 0 Å². The Kier molecular flexibility index (Phi) is 5.36. The van der Waals surface area contributed by atoms with Crippen LogP contribution in [0, 0.1) is 11.6 Å². The quantitative estimate of drug-likeness (QED) is 0.545. The van der Waals surface area contributed by atoms with Gasteiger partial charge in [-0.2, -0.15) is 13.2 Å². The molecule has 2 nitrogen and oxygen atoms in total. The molecule has 8 heteroatoms. The molecule has 0 spiro atoms. The molecule has 0 bridgehead atoms. The van der Waals surface area contributed by atoms with Crippen molar-refractivity contribution in [1.29, 1.82) is 0 Å². The highest BCUT2D eigenvalue weighted by Crippen LogP contribution is 2.33. The summed E-state index contributed by atoms with van der Waals surface area (Å²) in [7, 11) is 0. The van der Waals surface area contributed by atoms with Crippen molar-refractivity contribution in [3.63, 3.8) is 0 Å². The van der Waals surface area contributed by atoms with E-state index < -0.39 is 29.0 Å². The molecular formula is C20H14F5NOS. The van der Waals surface area contributed by atoms with Gasteiger partial charge in [0.2, 0.25) is 0 Å². The Balaban J connectivity index is 1.79. The Labute approximate surface area is 161 Å². The second-order valence-corrected chi connectivity index (χ2v) is 7.09. The zero-order valence-electron chi connectivity index (χ0n) is 14.5. The van der Waals surface area contributed by atoms with E-state index >= 15 is 0 Å². The molecule has 146 valence electrons. The SMILES string of the molecule is CC(O)(c1ccc(F)c(F)c1)c1nc(/C=C/c2ccc(C(F)(F)F)cc2)cs1. The Morgan fingerprint density at radius 3 is 2.18 bits per heavy atom. The largest absolute Gasteiger partial charge is 0.416 e. The maximum absolute atomic E-state index is 13.5. The maximum atomic E-state index is 13.5. The van der Waals surface area contributed by atoms with Crippen LogP contribution in [-0.2, 0) is 11.8 Å². The van der Waals surface area contributed by atoms with Crippen molar-refractivity contribution < 1.29 is 27.1 Å². The average Bonchev–Trinajstić information content (AvgIpc) is 3.11. The minimum atomic E-state index is -4.39. The number of aromatic nitrogens is 1. The molecule has 0 aliphatic rings. The summed E-state index contributed by atoms with van der Waals surface area (Å²) in [6, 6.07) is 7.76. The molecule has 2 aromatic carbocycles. The number of hydrogen-bond acceptors (Lipinski definition) is 3. The van der Waals surface area contributed by atoms with Crippen LogP contribution < -0.4 is 0 Å². The third kappa shape index (κ3) is 4.28. The third-order valence-electron chi connectivity index (χ3n) is 4.10. The minimum Gasteiger partial charge on any atom is -0.378 e. The first kappa shape index (κ1) is 20.2. The van der Waals surface area contributed by atoms with Crippen molar-refractivity contribution >= 4 is 23.5 Å². The summed E-state index contributed by atoms with van der Waals surface area (Å²) in [4.78, 5) is 4.27. The second-order valence-electron chi connectivity index (χ2n) is 6.23. The van der Waals surface area contributed by atoms with Crippen LogP contribution in [0.25, 0.3) is 12.2 Å². The molecule has 3 rings (SSSR count). The lowest BCUT2D eigenvalue weighted by Crippen LogP contribution is -2.23. The van der Waals surface area contributed by atoms with Gasteiger partial charge in [0.05, 0.1) is 11.3 Å². The van der Waals surface area contributed by atoms with E-state index in [2.05, 4.69) is 4.98 Å². The number of hydrogen-bond donors (Lipinski definition) is 1. The van der Waals surface area contributed by atoms with Gasteiger partial charge in [-0.15, -0.1) is 11.3 Å². The Hall–Kier alpha value is -2.58. The van der Waals surface area contributed by atoms with Gasteiger partial charge >= 0.3 is 6.18 Å². The average molecular weight is 411 g/mol. The van der Waals surface area contributed by atoms with Crippen LogP contribution in [0.2, 0.25) is 0 Å². The maximum Gasteiger partial charge on any atom is 0.416 e. The fraction of sp³-hybridized carbons (Fsp3) is 0.150. The molecule has 0 amide bonds. The smallest absolute Gasteiger partial charge is 0.378 e. The van der Waals surface area contributed by atoms with E-state index in [0.717, 1.165) is 35.6 Å². The van der Waals surface area contributed by atoms with E-state index in [4.69, 9.17) is 0 Å². The number of halogens is 5. The molecule has 1 atom stereocenters. The molecule has 0 fully saturated rings. The van der Waals surface area contributed by atoms with Crippen LogP contribution in [0.4, 0.5) is 22.0 Å². The van der Waals surface area contributed by atoms with Gasteiger partial charge in [-0.3, -0.25) is 0 Å². The number of aliphatic hydroxyl groups is 1. The van der Waals surface area contributed by atoms with Gasteiger partial charge in [-0.05, 0) is 48.4 Å². The van der Waals surface area contributed by atoms with E-state index in [1.807, 2.05) is 0 Å². The van der Waals surface area contributed by atoms with Crippen LogP contribution >= 0.6 is 11.3 Å². The van der Waals surface area contributed by atoms with Gasteiger partial charge in [0.25, 0.3) is 0 Å². The molecule has 0 saturated heterocycles. The topological polar surface area (TPSA) is 33.1 Å². The lowest BCUT2D eigenvalue weighted by Gasteiger charge is -2.21. The predicted molar refractivity (Wildman–Crippen MR) is 97.5 cm³/mol. The molecular weight excluding hydrogens is 397 g/mol. The van der Waals surface area contributed by atoms with Gasteiger partial charge in [0.15, 0.2) is 11.6 Å². The second kappa shape index (κ2) is 7.44. The van der Waals surface area contributed by atoms with Crippen molar-refractivity contribution in [1.82, 2.24) is 4.98 Å². The van der Waals surface area contributed by atoms with Gasteiger partial charge in [-0.25, -0.2) is 13.8 Å². The highest BCUT2D eigenvalue weighted by Gasteiger charge is 2.30. The summed E-state index contributed by atoms with van der Waals surface area (Å²) >= 11 is 1.13. The van der Waals surface area contributed by atoms with Crippen LogP contribution in [0.3, 0.4) is 0 Å². The van der Waals surface area contributed by atoms with Crippen LogP contribution in [0.1, 0.15) is 34.3 Å². The molecule has 28 heavy (non-hydrogen) atoms. The fourth-order valence-corrected chi connectivity index (χ4v) is 3.34. The van der Waals surface area contributed by atoms with E-state index in [1.165, 1.54) is 25.1 Å². The molecule has 1 heterocycles. The Morgan fingerprint density at radius 2 is 1.57 bits per heavy atom. The third-order valence-corrected chi connectivity index (χ3v) is 5.18. The summed E-state index contributed by atoms with van der Waals surface area (Å²) < 4.78 is 64.3. The lowest BCUT2D eigenvalue weighted by molar-refractivity contribution is -0.137. The normalized spacial score (nSPS) is 14.4. The van der Waals surface area contributed by atoms with Crippen molar-refractivity contribution in [2.24, 2.45) is 0 Å². The molecule has 0 radical (unpaired) electrons. The number of rotatable bonds is 4. The van der Waals surface area contributed by atoms with Crippen molar-refractivity contribution in [2.45, 2.75) is 18.7 Å². The molecule has 0 aliphatic carbocycles. The zero-order valence-corrected chi connectivity index (χ0v) is 15.3. The fourth-order valence-electron chi connectivity index (χ4n) is 2.47. The predicted octanol–water partition coefficient (Wildman–Crippen LogP) is 5.87. The molecule has 3 aromatic rings. The number of alkyl halides is 3. The first-order chi connectivity index (χ1) is 13.1. The summed E-state index contributed by atoms with van der Waals surface area (Å²) in [5.41, 5.74) is -1.18. The van der Waals surface area contributed by atoms with Gasteiger partial charge < -0.3 is 5.11 Å². The minimum absolute atomic E-state index is 0.152. The van der Waals surface area contributed by atoms with Gasteiger partial charge in [0, 0.05) is 5.38 Å². The van der Waals surface area contributed by atoms with Gasteiger partial charge in [-0.1, -0.05) is 24.3 Å². The van der Waals surface area contributed by atoms with Crippen molar-refractivity contribution in [3.05, 3.63) is 86.9 Å².